The summed E-state index contributed by atoms with van der Waals surface area (Å²) in [6, 6.07) is 16.9. The quantitative estimate of drug-likeness (QED) is 0.446. The van der Waals surface area contributed by atoms with E-state index in [1.165, 1.54) is 24.3 Å². The van der Waals surface area contributed by atoms with Gasteiger partial charge in [-0.25, -0.2) is 8.42 Å². The summed E-state index contributed by atoms with van der Waals surface area (Å²) >= 11 is 5.89. The molecule has 0 atom stereocenters. The van der Waals surface area contributed by atoms with Crippen LogP contribution in [0.1, 0.15) is 11.3 Å². The molecule has 6 nitrogen and oxygen atoms in total. The van der Waals surface area contributed by atoms with Crippen molar-refractivity contribution in [3.05, 3.63) is 83.3 Å². The van der Waals surface area contributed by atoms with Crippen molar-refractivity contribution in [1.29, 1.82) is 0 Å². The average molecular weight is 429 g/mol. The summed E-state index contributed by atoms with van der Waals surface area (Å²) < 4.78 is 37.5. The van der Waals surface area contributed by atoms with Crippen molar-refractivity contribution in [3.8, 4) is 11.5 Å². The van der Waals surface area contributed by atoms with Crippen molar-refractivity contribution in [2.75, 3.05) is 5.32 Å². The molecule has 0 spiro atoms. The Kier molecular flexibility index (Phi) is 5.17. The van der Waals surface area contributed by atoms with Crippen molar-refractivity contribution in [2.45, 2.75) is 23.4 Å². The molecule has 29 heavy (non-hydrogen) atoms. The zero-order chi connectivity index (χ0) is 20.4. The molecule has 148 valence electrons. The third kappa shape index (κ3) is 4.06. The molecule has 0 aliphatic heterocycles. The summed E-state index contributed by atoms with van der Waals surface area (Å²) in [7, 11) is -3.93. The molecular weight excluding hydrogens is 412 g/mol. The second kappa shape index (κ2) is 7.77. The number of sulfone groups is 1. The third-order valence-electron chi connectivity index (χ3n) is 4.24. The summed E-state index contributed by atoms with van der Waals surface area (Å²) in [5, 5.41) is 3.23. The van der Waals surface area contributed by atoms with Crippen LogP contribution in [0.25, 0.3) is 11.5 Å². The van der Waals surface area contributed by atoms with E-state index in [1.807, 2.05) is 31.2 Å². The molecule has 0 radical (unpaired) electrons. The number of rotatable bonds is 6. The first kappa shape index (κ1) is 19.3. The highest BCUT2D eigenvalue weighted by Crippen LogP contribution is 2.33. The van der Waals surface area contributed by atoms with Gasteiger partial charge in [0.2, 0.25) is 26.6 Å². The highest BCUT2D eigenvalue weighted by molar-refractivity contribution is 7.91. The average Bonchev–Trinajstić information content (AvgIpc) is 3.37. The fourth-order valence-electron chi connectivity index (χ4n) is 2.81. The second-order valence-corrected chi connectivity index (χ2v) is 8.71. The van der Waals surface area contributed by atoms with Gasteiger partial charge < -0.3 is 14.2 Å². The zero-order valence-corrected chi connectivity index (χ0v) is 17.0. The Balaban J connectivity index is 1.78. The number of nitrogens with one attached hydrogen (secondary N) is 1. The number of aryl methyl sites for hydroxylation is 1. The van der Waals surface area contributed by atoms with Crippen LogP contribution in [0.2, 0.25) is 5.02 Å². The minimum atomic E-state index is -3.93. The summed E-state index contributed by atoms with van der Waals surface area (Å²) in [6.07, 6.45) is 1.54. The minimum absolute atomic E-state index is 0.0489. The molecule has 0 aliphatic rings. The molecule has 2 heterocycles. The first-order chi connectivity index (χ1) is 13.9. The normalized spacial score (nSPS) is 11.5. The summed E-state index contributed by atoms with van der Waals surface area (Å²) in [5.74, 6) is 0.893. The number of hydrogen-bond donors (Lipinski definition) is 1. The monoisotopic (exact) mass is 428 g/mol. The highest BCUT2D eigenvalue weighted by atomic mass is 35.5. The van der Waals surface area contributed by atoms with Crippen molar-refractivity contribution in [1.82, 2.24) is 4.98 Å². The van der Waals surface area contributed by atoms with E-state index in [9.17, 15) is 8.42 Å². The largest absolute Gasteiger partial charge is 0.467 e. The number of furan rings is 1. The van der Waals surface area contributed by atoms with E-state index in [2.05, 4.69) is 10.3 Å². The maximum Gasteiger partial charge on any atom is 0.234 e. The molecule has 0 bridgehead atoms. The van der Waals surface area contributed by atoms with Gasteiger partial charge in [-0.05, 0) is 55.5 Å². The van der Waals surface area contributed by atoms with Gasteiger partial charge in [-0.3, -0.25) is 0 Å². The lowest BCUT2D eigenvalue weighted by Gasteiger charge is -2.05. The molecule has 2 aromatic carbocycles. The van der Waals surface area contributed by atoms with Crippen LogP contribution in [-0.2, 0) is 16.4 Å². The number of hydrogen-bond acceptors (Lipinski definition) is 6. The fraction of sp³-hybridized carbons (Fsp3) is 0.0952. The lowest BCUT2D eigenvalue weighted by molar-refractivity contribution is 0.511. The number of nitrogens with zero attached hydrogens (tertiary/aromatic N) is 1. The Morgan fingerprint density at radius 3 is 2.55 bits per heavy atom. The van der Waals surface area contributed by atoms with Gasteiger partial charge in [-0.1, -0.05) is 29.3 Å². The van der Waals surface area contributed by atoms with Crippen LogP contribution in [0, 0.1) is 6.92 Å². The number of halogens is 1. The predicted octanol–water partition coefficient (Wildman–Crippen LogP) is 5.34. The first-order valence-corrected chi connectivity index (χ1v) is 10.6. The van der Waals surface area contributed by atoms with Crippen molar-refractivity contribution >= 4 is 27.3 Å². The number of anilines is 1. The standard InChI is InChI=1S/C21H17ClN2O4S/c1-14-4-2-5-15(12-14)19-24-21(20(28-19)23-13-17-6-3-11-27-17)29(25,26)18-9-7-16(22)8-10-18/h2-12,23H,13H2,1H3. The summed E-state index contributed by atoms with van der Waals surface area (Å²) in [6.45, 7) is 2.19. The zero-order valence-electron chi connectivity index (χ0n) is 15.4. The van der Waals surface area contributed by atoms with E-state index in [4.69, 9.17) is 20.4 Å². The molecule has 0 unspecified atom stereocenters. The molecule has 0 saturated heterocycles. The predicted molar refractivity (Wildman–Crippen MR) is 110 cm³/mol. The van der Waals surface area contributed by atoms with E-state index in [0.717, 1.165) is 5.56 Å². The highest BCUT2D eigenvalue weighted by Gasteiger charge is 2.28. The van der Waals surface area contributed by atoms with Gasteiger partial charge in [0.15, 0.2) is 0 Å². The topological polar surface area (TPSA) is 85.3 Å². The van der Waals surface area contributed by atoms with Gasteiger partial charge in [0, 0.05) is 10.6 Å². The lowest BCUT2D eigenvalue weighted by atomic mass is 10.1. The van der Waals surface area contributed by atoms with Crippen LogP contribution in [0.15, 0.2) is 85.7 Å². The maximum atomic E-state index is 13.2. The maximum absolute atomic E-state index is 13.2. The SMILES string of the molecule is Cc1cccc(-c2nc(S(=O)(=O)c3ccc(Cl)cc3)c(NCc3ccco3)o2)c1. The Labute approximate surface area is 173 Å². The number of benzene rings is 2. The molecule has 0 saturated carbocycles. The molecule has 8 heteroatoms. The van der Waals surface area contributed by atoms with E-state index in [1.54, 1.807) is 18.4 Å². The number of aromatic nitrogens is 1. The van der Waals surface area contributed by atoms with Crippen LogP contribution in [0.4, 0.5) is 5.88 Å². The van der Waals surface area contributed by atoms with Gasteiger partial charge in [0.05, 0.1) is 17.7 Å². The van der Waals surface area contributed by atoms with E-state index in [-0.39, 0.29) is 28.2 Å². The third-order valence-corrected chi connectivity index (χ3v) is 6.17. The Hall–Kier alpha value is -3.03. The second-order valence-electron chi connectivity index (χ2n) is 6.41. The molecule has 4 rings (SSSR count). The molecule has 1 N–H and O–H groups in total. The van der Waals surface area contributed by atoms with Crippen LogP contribution >= 0.6 is 11.6 Å². The van der Waals surface area contributed by atoms with E-state index < -0.39 is 9.84 Å². The van der Waals surface area contributed by atoms with Gasteiger partial charge in [-0.2, -0.15) is 4.98 Å². The van der Waals surface area contributed by atoms with E-state index >= 15 is 0 Å². The van der Waals surface area contributed by atoms with Gasteiger partial charge in [0.25, 0.3) is 0 Å². The molecule has 4 aromatic rings. The van der Waals surface area contributed by atoms with Crippen molar-refractivity contribution < 1.29 is 17.3 Å². The van der Waals surface area contributed by atoms with Crippen molar-refractivity contribution in [2.24, 2.45) is 0 Å². The van der Waals surface area contributed by atoms with Crippen molar-refractivity contribution in [3.63, 3.8) is 0 Å². The van der Waals surface area contributed by atoms with Crippen LogP contribution in [-0.4, -0.2) is 13.4 Å². The Morgan fingerprint density at radius 1 is 1.07 bits per heavy atom. The van der Waals surface area contributed by atoms with Crippen LogP contribution in [0.5, 0.6) is 0 Å². The molecule has 0 amide bonds. The Morgan fingerprint density at radius 2 is 1.86 bits per heavy atom. The first-order valence-electron chi connectivity index (χ1n) is 8.78. The van der Waals surface area contributed by atoms with Crippen LogP contribution in [0.3, 0.4) is 0 Å². The van der Waals surface area contributed by atoms with Gasteiger partial charge in [0.1, 0.15) is 5.76 Å². The number of oxazole rings is 1. The molecule has 2 aromatic heterocycles. The van der Waals surface area contributed by atoms with E-state index in [0.29, 0.717) is 16.3 Å². The smallest absolute Gasteiger partial charge is 0.234 e. The summed E-state index contributed by atoms with van der Waals surface area (Å²) in [5.41, 5.74) is 1.69. The lowest BCUT2D eigenvalue weighted by Crippen LogP contribution is -2.07. The molecule has 0 fully saturated rings. The van der Waals surface area contributed by atoms with Gasteiger partial charge >= 0.3 is 0 Å². The molecular formula is C21H17ClN2O4S. The van der Waals surface area contributed by atoms with Gasteiger partial charge in [-0.15, -0.1) is 0 Å². The minimum Gasteiger partial charge on any atom is -0.467 e. The Bertz CT molecular complexity index is 1230. The molecule has 0 aliphatic carbocycles. The summed E-state index contributed by atoms with van der Waals surface area (Å²) in [4.78, 5) is 4.39. The fourth-order valence-corrected chi connectivity index (χ4v) is 4.21. The van der Waals surface area contributed by atoms with Crippen LogP contribution < -0.4 is 5.32 Å².